The molecule has 0 bridgehead atoms. The molecule has 0 aromatic carbocycles. The van der Waals surface area contributed by atoms with Gasteiger partial charge < -0.3 is 10.6 Å². The quantitative estimate of drug-likeness (QED) is 0.433. The highest BCUT2D eigenvalue weighted by Gasteiger charge is 2.48. The molecule has 3 heterocycles. The fraction of sp³-hybridized carbons (Fsp3) is 0.480. The number of amides is 2. The summed E-state index contributed by atoms with van der Waals surface area (Å²) in [6, 6.07) is 2.21. The van der Waals surface area contributed by atoms with Gasteiger partial charge in [0.25, 0.3) is 5.91 Å². The molecule has 3 N–H and O–H groups in total. The zero-order valence-electron chi connectivity index (χ0n) is 20.1. The molecule has 2 fully saturated rings. The first kappa shape index (κ1) is 23.2. The van der Waals surface area contributed by atoms with Crippen molar-refractivity contribution in [2.45, 2.75) is 59.0 Å². The van der Waals surface area contributed by atoms with Gasteiger partial charge in [0.05, 0.1) is 5.69 Å². The Kier molecular flexibility index (Phi) is 6.12. The number of H-pyrrole nitrogens is 1. The number of anilines is 1. The van der Waals surface area contributed by atoms with Crippen molar-refractivity contribution in [1.29, 1.82) is 0 Å². The van der Waals surface area contributed by atoms with Crippen molar-refractivity contribution in [2.24, 2.45) is 17.8 Å². The molecule has 35 heavy (non-hydrogen) atoms. The molecule has 2 saturated carbocycles. The van der Waals surface area contributed by atoms with Crippen LogP contribution in [0.15, 0.2) is 24.5 Å². The van der Waals surface area contributed by atoms with Gasteiger partial charge in [0, 0.05) is 35.8 Å². The summed E-state index contributed by atoms with van der Waals surface area (Å²) in [5.41, 5.74) is 3.32. The lowest BCUT2D eigenvalue weighted by Crippen LogP contribution is -2.50. The molecule has 0 radical (unpaired) electrons. The predicted octanol–water partition coefficient (Wildman–Crippen LogP) is 3.62. The maximum atomic E-state index is 15.0. The molecule has 2 amide bonds. The molecule has 1 atom stereocenters. The number of nitrogens with one attached hydrogen (secondary N) is 3. The van der Waals surface area contributed by atoms with Crippen LogP contribution < -0.4 is 10.6 Å². The van der Waals surface area contributed by atoms with Crippen LogP contribution in [0, 0.1) is 37.4 Å². The smallest absolute Gasteiger partial charge is 0.270 e. The molecular formula is C25H30FN7O2. The molecule has 9 nitrogen and oxygen atoms in total. The van der Waals surface area contributed by atoms with E-state index in [2.05, 4.69) is 30.9 Å². The highest BCUT2D eigenvalue weighted by Crippen LogP contribution is 2.51. The van der Waals surface area contributed by atoms with Crippen LogP contribution in [-0.2, 0) is 11.3 Å². The Bertz CT molecular complexity index is 1230. The van der Waals surface area contributed by atoms with Crippen molar-refractivity contribution in [1.82, 2.24) is 30.3 Å². The predicted molar refractivity (Wildman–Crippen MR) is 128 cm³/mol. The number of rotatable bonds is 9. The first-order valence-electron chi connectivity index (χ1n) is 12.2. The van der Waals surface area contributed by atoms with Crippen LogP contribution in [0.25, 0.3) is 11.1 Å². The summed E-state index contributed by atoms with van der Waals surface area (Å²) in [5.74, 6) is -0.788. The Labute approximate surface area is 202 Å². The van der Waals surface area contributed by atoms with Gasteiger partial charge in [-0.25, -0.2) is 9.37 Å². The van der Waals surface area contributed by atoms with Gasteiger partial charge >= 0.3 is 0 Å². The highest BCUT2D eigenvalue weighted by atomic mass is 19.1. The normalized spacial score (nSPS) is 16.4. The van der Waals surface area contributed by atoms with Crippen molar-refractivity contribution >= 4 is 17.6 Å². The molecular weight excluding hydrogens is 449 g/mol. The average Bonchev–Trinajstić information content (AvgIpc) is 3.77. The molecule has 5 rings (SSSR count). The number of aryl methyl sites for hydroxylation is 3. The summed E-state index contributed by atoms with van der Waals surface area (Å²) in [6.07, 6.45) is 7.25. The fourth-order valence-electron chi connectivity index (χ4n) is 5.06. The Balaban J connectivity index is 1.39. The molecule has 0 unspecified atom stereocenters. The molecule has 2 aliphatic rings. The highest BCUT2D eigenvalue weighted by molar-refractivity contribution is 6.00. The molecule has 0 spiro atoms. The number of hydrogen-bond acceptors (Lipinski definition) is 5. The van der Waals surface area contributed by atoms with E-state index in [0.717, 1.165) is 42.6 Å². The van der Waals surface area contributed by atoms with E-state index >= 15 is 4.39 Å². The van der Waals surface area contributed by atoms with Crippen molar-refractivity contribution in [3.63, 3.8) is 0 Å². The van der Waals surface area contributed by atoms with E-state index < -0.39 is 17.8 Å². The topological polar surface area (TPSA) is 118 Å². The van der Waals surface area contributed by atoms with Crippen LogP contribution in [0.4, 0.5) is 10.2 Å². The number of hydrogen-bond donors (Lipinski definition) is 3. The Hall–Kier alpha value is -3.56. The standard InChI is InChI=1S/C25H30FN7O2/c1-4-33-19(9-10-28-33)24(34)29-22(21(15-5-6-15)16-7-8-16)25(35)30-23-18(26)11-17(12-27-23)20-13(2)31-32-14(20)3/h9-12,15-16,21-22H,4-8H2,1-3H3,(H,29,34)(H,31,32)(H,27,30,35)/t22-/m1/s1. The summed E-state index contributed by atoms with van der Waals surface area (Å²) in [7, 11) is 0. The number of aromatic nitrogens is 5. The van der Waals surface area contributed by atoms with Gasteiger partial charge in [0.1, 0.15) is 11.7 Å². The number of aromatic amines is 1. The first-order chi connectivity index (χ1) is 16.9. The van der Waals surface area contributed by atoms with E-state index in [-0.39, 0.29) is 17.6 Å². The van der Waals surface area contributed by atoms with Gasteiger partial charge in [-0.05, 0) is 76.3 Å². The number of nitrogens with zero attached hydrogens (tertiary/aromatic N) is 4. The Morgan fingerprint density at radius 1 is 1.23 bits per heavy atom. The number of halogens is 1. The third-order valence-corrected chi connectivity index (χ3v) is 7.03. The number of carbonyl (C=O) groups excluding carboxylic acids is 2. The zero-order valence-corrected chi connectivity index (χ0v) is 20.1. The van der Waals surface area contributed by atoms with E-state index in [1.54, 1.807) is 16.9 Å². The maximum absolute atomic E-state index is 15.0. The second-order valence-corrected chi connectivity index (χ2v) is 9.59. The molecule has 3 aromatic rings. The van der Waals surface area contributed by atoms with E-state index in [4.69, 9.17) is 0 Å². The Morgan fingerprint density at radius 2 is 1.94 bits per heavy atom. The zero-order chi connectivity index (χ0) is 24.7. The fourth-order valence-corrected chi connectivity index (χ4v) is 5.06. The molecule has 0 saturated heterocycles. The lowest BCUT2D eigenvalue weighted by atomic mass is 9.88. The lowest BCUT2D eigenvalue weighted by Gasteiger charge is -2.27. The third-order valence-electron chi connectivity index (χ3n) is 7.03. The minimum Gasteiger partial charge on any atom is -0.339 e. The number of carbonyl (C=O) groups is 2. The van der Waals surface area contributed by atoms with Crippen LogP contribution in [0.3, 0.4) is 0 Å². The summed E-state index contributed by atoms with van der Waals surface area (Å²) in [5, 5.41) is 16.8. The van der Waals surface area contributed by atoms with Gasteiger partial charge in [0.2, 0.25) is 5.91 Å². The summed E-state index contributed by atoms with van der Waals surface area (Å²) in [6.45, 7) is 6.13. The third kappa shape index (κ3) is 4.69. The van der Waals surface area contributed by atoms with E-state index in [1.165, 1.54) is 12.3 Å². The van der Waals surface area contributed by atoms with Crippen molar-refractivity contribution in [3.05, 3.63) is 47.4 Å². The van der Waals surface area contributed by atoms with Crippen LogP contribution >= 0.6 is 0 Å². The average molecular weight is 480 g/mol. The summed E-state index contributed by atoms with van der Waals surface area (Å²) >= 11 is 0. The maximum Gasteiger partial charge on any atom is 0.270 e. The monoisotopic (exact) mass is 479 g/mol. The minimum absolute atomic E-state index is 0.0236. The molecule has 10 heteroatoms. The minimum atomic E-state index is -0.776. The van der Waals surface area contributed by atoms with Crippen molar-refractivity contribution in [3.8, 4) is 11.1 Å². The molecule has 2 aliphatic carbocycles. The van der Waals surface area contributed by atoms with Crippen LogP contribution in [0.5, 0.6) is 0 Å². The van der Waals surface area contributed by atoms with Crippen molar-refractivity contribution in [2.75, 3.05) is 5.32 Å². The van der Waals surface area contributed by atoms with Gasteiger partial charge in [0.15, 0.2) is 11.6 Å². The van der Waals surface area contributed by atoms with E-state index in [9.17, 15) is 9.59 Å². The molecule has 0 aliphatic heterocycles. The second kappa shape index (κ2) is 9.24. The Morgan fingerprint density at radius 3 is 2.51 bits per heavy atom. The SMILES string of the molecule is CCn1nccc1C(=O)N[C@@H](C(=O)Nc1ncc(-c2c(C)n[nH]c2C)cc1F)C(C1CC1)C1CC1. The van der Waals surface area contributed by atoms with Crippen LogP contribution in [0.2, 0.25) is 0 Å². The van der Waals surface area contributed by atoms with Gasteiger partial charge in [-0.1, -0.05) is 0 Å². The van der Waals surface area contributed by atoms with E-state index in [1.807, 2.05) is 20.8 Å². The summed E-state index contributed by atoms with van der Waals surface area (Å²) in [4.78, 5) is 30.8. The first-order valence-corrected chi connectivity index (χ1v) is 12.2. The van der Waals surface area contributed by atoms with Crippen LogP contribution in [0.1, 0.15) is 54.5 Å². The van der Waals surface area contributed by atoms with Gasteiger partial charge in [-0.3, -0.25) is 19.4 Å². The summed E-state index contributed by atoms with van der Waals surface area (Å²) < 4.78 is 16.6. The lowest BCUT2D eigenvalue weighted by molar-refractivity contribution is -0.119. The van der Waals surface area contributed by atoms with Gasteiger partial charge in [-0.2, -0.15) is 10.2 Å². The van der Waals surface area contributed by atoms with Crippen LogP contribution in [-0.4, -0.2) is 42.8 Å². The molecule has 184 valence electrons. The van der Waals surface area contributed by atoms with E-state index in [0.29, 0.717) is 29.6 Å². The van der Waals surface area contributed by atoms with Gasteiger partial charge in [-0.15, -0.1) is 0 Å². The molecule has 3 aromatic heterocycles. The second-order valence-electron chi connectivity index (χ2n) is 9.59. The largest absolute Gasteiger partial charge is 0.339 e. The van der Waals surface area contributed by atoms with Crippen molar-refractivity contribution < 1.29 is 14.0 Å². The number of pyridine rings is 1.